The van der Waals surface area contributed by atoms with E-state index in [2.05, 4.69) is 20.9 Å². The number of hydrogen-bond donors (Lipinski definition) is 1. The smallest absolute Gasteiger partial charge is 0.182 e. The maximum Gasteiger partial charge on any atom is 0.182 e. The van der Waals surface area contributed by atoms with Crippen molar-refractivity contribution in [1.82, 2.24) is 9.55 Å². The zero-order valence-electron chi connectivity index (χ0n) is 10.4. The molecule has 2 aromatic carbocycles. The first kappa shape index (κ1) is 13.8. The van der Waals surface area contributed by atoms with E-state index in [1.807, 2.05) is 29.7 Å². The molecular formula is C14H9BrClFN2S. The van der Waals surface area contributed by atoms with Gasteiger partial charge >= 0.3 is 0 Å². The molecule has 6 heteroatoms. The molecule has 0 saturated heterocycles. The highest BCUT2D eigenvalue weighted by Gasteiger charge is 2.12. The third-order valence-electron chi connectivity index (χ3n) is 3.07. The Morgan fingerprint density at radius 2 is 2.05 bits per heavy atom. The van der Waals surface area contributed by atoms with Gasteiger partial charge in [-0.25, -0.2) is 4.39 Å². The number of aryl methyl sites for hydroxylation is 1. The molecule has 20 heavy (non-hydrogen) atoms. The van der Waals surface area contributed by atoms with Crippen molar-refractivity contribution in [1.29, 1.82) is 0 Å². The number of aromatic amines is 1. The number of nitrogens with one attached hydrogen (secondary N) is 1. The molecule has 3 rings (SSSR count). The van der Waals surface area contributed by atoms with E-state index in [1.54, 1.807) is 6.07 Å². The summed E-state index contributed by atoms with van der Waals surface area (Å²) in [4.78, 5) is 3.00. The van der Waals surface area contributed by atoms with E-state index in [9.17, 15) is 4.39 Å². The number of hydrogen-bond acceptors (Lipinski definition) is 1. The monoisotopic (exact) mass is 370 g/mol. The molecule has 3 aromatic rings. The first-order valence-corrected chi connectivity index (χ1v) is 7.41. The van der Waals surface area contributed by atoms with E-state index in [1.165, 1.54) is 6.07 Å². The van der Waals surface area contributed by atoms with Crippen LogP contribution in [0.2, 0.25) is 5.02 Å². The van der Waals surface area contributed by atoms with Crippen molar-refractivity contribution in [3.63, 3.8) is 0 Å². The van der Waals surface area contributed by atoms with Crippen LogP contribution in [0.15, 0.2) is 34.8 Å². The van der Waals surface area contributed by atoms with Crippen molar-refractivity contribution in [3.05, 3.63) is 56.0 Å². The predicted molar refractivity (Wildman–Crippen MR) is 85.9 cm³/mol. The standard InChI is InChI=1S/C14H9BrClFN2S/c1-7-2-3-8(15)12(4-7)19-13-5-9(16)10(17)6-11(13)18-14(19)20/h2-6H,1H3,(H,18,20). The van der Waals surface area contributed by atoms with Crippen LogP contribution in [0, 0.1) is 17.5 Å². The summed E-state index contributed by atoms with van der Waals surface area (Å²) in [6, 6.07) is 8.89. The van der Waals surface area contributed by atoms with Crippen LogP contribution in [0.3, 0.4) is 0 Å². The van der Waals surface area contributed by atoms with Crippen LogP contribution in [0.5, 0.6) is 0 Å². The second-order valence-electron chi connectivity index (χ2n) is 4.50. The van der Waals surface area contributed by atoms with E-state index >= 15 is 0 Å². The molecule has 0 aliphatic carbocycles. The van der Waals surface area contributed by atoms with Crippen molar-refractivity contribution < 1.29 is 4.39 Å². The van der Waals surface area contributed by atoms with E-state index in [-0.39, 0.29) is 5.02 Å². The SMILES string of the molecule is Cc1ccc(Br)c(-n2c(=S)[nH]c3cc(F)c(Cl)cc32)c1. The third-order valence-corrected chi connectivity index (χ3v) is 4.31. The van der Waals surface area contributed by atoms with E-state index in [4.69, 9.17) is 23.8 Å². The molecule has 2 nitrogen and oxygen atoms in total. The van der Waals surface area contributed by atoms with Gasteiger partial charge in [-0.2, -0.15) is 0 Å². The zero-order chi connectivity index (χ0) is 14.4. The first-order chi connectivity index (χ1) is 9.47. The van der Waals surface area contributed by atoms with Gasteiger partial charge in [-0.15, -0.1) is 0 Å². The number of nitrogens with zero attached hydrogens (tertiary/aromatic N) is 1. The van der Waals surface area contributed by atoms with Gasteiger partial charge in [0.1, 0.15) is 5.82 Å². The molecule has 0 radical (unpaired) electrons. The van der Waals surface area contributed by atoms with Crippen LogP contribution < -0.4 is 0 Å². The molecule has 0 fully saturated rings. The molecule has 1 N–H and O–H groups in total. The summed E-state index contributed by atoms with van der Waals surface area (Å²) >= 11 is 14.7. The van der Waals surface area contributed by atoms with E-state index < -0.39 is 5.82 Å². The minimum absolute atomic E-state index is 0.0732. The van der Waals surface area contributed by atoms with E-state index in [0.717, 1.165) is 21.2 Å². The zero-order valence-corrected chi connectivity index (χ0v) is 13.5. The Morgan fingerprint density at radius 1 is 1.30 bits per heavy atom. The second-order valence-corrected chi connectivity index (χ2v) is 6.15. The maximum atomic E-state index is 13.5. The fourth-order valence-electron chi connectivity index (χ4n) is 2.14. The van der Waals surface area contributed by atoms with Gasteiger partial charge in [-0.05, 0) is 58.8 Å². The topological polar surface area (TPSA) is 20.7 Å². The highest BCUT2D eigenvalue weighted by molar-refractivity contribution is 9.10. The fraction of sp³-hybridized carbons (Fsp3) is 0.0714. The average Bonchev–Trinajstić information content (AvgIpc) is 2.69. The number of rotatable bonds is 1. The van der Waals surface area contributed by atoms with Gasteiger partial charge in [-0.3, -0.25) is 4.57 Å². The van der Waals surface area contributed by atoms with Crippen molar-refractivity contribution in [2.45, 2.75) is 6.92 Å². The molecule has 0 aliphatic rings. The molecule has 1 heterocycles. The average molecular weight is 372 g/mol. The molecule has 0 saturated carbocycles. The van der Waals surface area contributed by atoms with Crippen LogP contribution in [-0.4, -0.2) is 9.55 Å². The highest BCUT2D eigenvalue weighted by atomic mass is 79.9. The Labute approximate surface area is 133 Å². The van der Waals surface area contributed by atoms with E-state index in [0.29, 0.717) is 10.3 Å². The number of halogens is 3. The molecule has 0 unspecified atom stereocenters. The Bertz CT molecular complexity index is 885. The van der Waals surface area contributed by atoms with Crippen LogP contribution in [-0.2, 0) is 0 Å². The van der Waals surface area contributed by atoms with Gasteiger partial charge in [0.15, 0.2) is 4.77 Å². The minimum Gasteiger partial charge on any atom is -0.330 e. The Hall–Kier alpha value is -1.17. The Morgan fingerprint density at radius 3 is 2.80 bits per heavy atom. The lowest BCUT2D eigenvalue weighted by atomic mass is 10.2. The van der Waals surface area contributed by atoms with Gasteiger partial charge in [0.05, 0.1) is 21.7 Å². The molecule has 0 aliphatic heterocycles. The second kappa shape index (κ2) is 4.98. The van der Waals surface area contributed by atoms with Crippen LogP contribution in [0.4, 0.5) is 4.39 Å². The molecule has 1 aromatic heterocycles. The van der Waals surface area contributed by atoms with Crippen molar-refractivity contribution in [2.75, 3.05) is 0 Å². The minimum atomic E-state index is -0.467. The van der Waals surface area contributed by atoms with Gasteiger partial charge in [0, 0.05) is 10.5 Å². The summed E-state index contributed by atoms with van der Waals surface area (Å²) in [5.41, 5.74) is 3.36. The molecule has 0 atom stereocenters. The Kier molecular flexibility index (Phi) is 3.44. The van der Waals surface area contributed by atoms with Gasteiger partial charge in [0.25, 0.3) is 0 Å². The van der Waals surface area contributed by atoms with Gasteiger partial charge in [0.2, 0.25) is 0 Å². The molecule has 0 amide bonds. The van der Waals surface area contributed by atoms with Crippen LogP contribution in [0.1, 0.15) is 5.56 Å². The summed E-state index contributed by atoms with van der Waals surface area (Å²) in [5.74, 6) is -0.467. The van der Waals surface area contributed by atoms with Crippen molar-refractivity contribution >= 4 is 50.8 Å². The number of fused-ring (bicyclic) bond motifs is 1. The summed E-state index contributed by atoms with van der Waals surface area (Å²) in [6.45, 7) is 2.00. The predicted octanol–water partition coefficient (Wildman–Crippen LogP) is 5.55. The molecular weight excluding hydrogens is 363 g/mol. The van der Waals surface area contributed by atoms with Gasteiger partial charge in [-0.1, -0.05) is 17.7 Å². The molecule has 102 valence electrons. The summed E-state index contributed by atoms with van der Waals surface area (Å²) in [5, 5.41) is 0.0732. The summed E-state index contributed by atoms with van der Waals surface area (Å²) < 4.78 is 16.8. The van der Waals surface area contributed by atoms with Crippen molar-refractivity contribution in [3.8, 4) is 5.69 Å². The maximum absolute atomic E-state index is 13.5. The Balaban J connectivity index is 2.42. The number of aromatic nitrogens is 2. The first-order valence-electron chi connectivity index (χ1n) is 5.83. The van der Waals surface area contributed by atoms with Crippen LogP contribution >= 0.6 is 39.7 Å². The third kappa shape index (κ3) is 2.20. The normalized spacial score (nSPS) is 11.2. The lowest BCUT2D eigenvalue weighted by Gasteiger charge is -2.08. The highest BCUT2D eigenvalue weighted by Crippen LogP contribution is 2.29. The lowest BCUT2D eigenvalue weighted by Crippen LogP contribution is -1.96. The van der Waals surface area contributed by atoms with Crippen molar-refractivity contribution in [2.24, 2.45) is 0 Å². The summed E-state index contributed by atoms with van der Waals surface area (Å²) in [6.07, 6.45) is 0. The molecule has 0 spiro atoms. The number of benzene rings is 2. The quantitative estimate of drug-likeness (QED) is 0.556. The largest absolute Gasteiger partial charge is 0.330 e. The fourth-order valence-corrected chi connectivity index (χ4v) is 3.02. The lowest BCUT2D eigenvalue weighted by molar-refractivity contribution is 0.630. The van der Waals surface area contributed by atoms with Gasteiger partial charge < -0.3 is 4.98 Å². The number of imidazole rings is 1. The summed E-state index contributed by atoms with van der Waals surface area (Å²) in [7, 11) is 0. The molecule has 0 bridgehead atoms. The number of H-pyrrole nitrogens is 1. The van der Waals surface area contributed by atoms with Crippen LogP contribution in [0.25, 0.3) is 16.7 Å².